The number of rotatable bonds is 5. The van der Waals surface area contributed by atoms with Crippen LogP contribution in [0.25, 0.3) is 10.9 Å². The van der Waals surface area contributed by atoms with Crippen molar-refractivity contribution in [3.8, 4) is 0 Å². The van der Waals surface area contributed by atoms with E-state index in [2.05, 4.69) is 0 Å². The van der Waals surface area contributed by atoms with Crippen LogP contribution >= 0.6 is 0 Å². The molecule has 0 saturated carbocycles. The van der Waals surface area contributed by atoms with E-state index in [0.29, 0.717) is 11.7 Å². The molecule has 30 heavy (non-hydrogen) atoms. The Bertz CT molecular complexity index is 1000. The van der Waals surface area contributed by atoms with E-state index in [4.69, 9.17) is 18.9 Å². The largest absolute Gasteiger partial charge is 0.456 e. The third kappa shape index (κ3) is 4.18. The average Bonchev–Trinajstić information content (AvgIpc) is 3.03. The molecule has 1 aliphatic rings. The molecular weight excluding hydrogens is 401 g/mol. The van der Waals surface area contributed by atoms with E-state index < -0.39 is 48.3 Å². The third-order valence-electron chi connectivity index (χ3n) is 4.56. The molecule has 10 heteroatoms. The molecule has 2 heterocycles. The van der Waals surface area contributed by atoms with E-state index in [9.17, 15) is 23.6 Å². The summed E-state index contributed by atoms with van der Waals surface area (Å²) in [4.78, 5) is 46.4. The van der Waals surface area contributed by atoms with Crippen LogP contribution in [-0.4, -0.2) is 53.7 Å². The fourth-order valence-corrected chi connectivity index (χ4v) is 3.55. The lowest BCUT2D eigenvalue weighted by atomic mass is 10.0. The first kappa shape index (κ1) is 21.4. The predicted molar refractivity (Wildman–Crippen MR) is 98.9 cm³/mol. The standard InChI is InChI=1S/C20H20FNO8/c1-10(24)28-16-9-27-20(19(30-12(3)26)18(16)29-11(2)25)22-7-13(8-23)14-5-4-6-15(21)17(14)22/h4-8,16,18-20H,9H2,1-3H3/t16-,18+,19-,20-/m1/s1. The van der Waals surface area contributed by atoms with E-state index in [1.807, 2.05) is 0 Å². The van der Waals surface area contributed by atoms with Gasteiger partial charge in [0.05, 0.1) is 12.1 Å². The molecule has 160 valence electrons. The van der Waals surface area contributed by atoms with E-state index >= 15 is 0 Å². The zero-order valence-corrected chi connectivity index (χ0v) is 16.5. The summed E-state index contributed by atoms with van der Waals surface area (Å²) < 4.78 is 37.5. The zero-order chi connectivity index (χ0) is 22.0. The second-order valence-corrected chi connectivity index (χ2v) is 6.77. The van der Waals surface area contributed by atoms with Gasteiger partial charge in [-0.15, -0.1) is 0 Å². The second-order valence-electron chi connectivity index (χ2n) is 6.77. The minimum absolute atomic E-state index is 0.0502. The number of aromatic nitrogens is 1. The lowest BCUT2D eigenvalue weighted by molar-refractivity contribution is -0.239. The molecule has 0 bridgehead atoms. The molecular formula is C20H20FNO8. The van der Waals surface area contributed by atoms with Crippen molar-refractivity contribution in [3.05, 3.63) is 35.8 Å². The molecule has 2 aromatic rings. The maximum Gasteiger partial charge on any atom is 0.303 e. The Kier molecular flexibility index (Phi) is 6.16. The SMILES string of the molecule is CC(=O)O[C@@H]1[C@@H](OC(C)=O)[C@H](OC(C)=O)CO[C@H]1n1cc(C=O)c2cccc(F)c21. The number of carbonyl (C=O) groups excluding carboxylic acids is 4. The number of aldehydes is 1. The molecule has 1 aromatic carbocycles. The van der Waals surface area contributed by atoms with Gasteiger partial charge in [-0.3, -0.25) is 19.2 Å². The van der Waals surface area contributed by atoms with Crippen molar-refractivity contribution in [3.63, 3.8) is 0 Å². The molecule has 9 nitrogen and oxygen atoms in total. The van der Waals surface area contributed by atoms with Gasteiger partial charge >= 0.3 is 17.9 Å². The van der Waals surface area contributed by atoms with Gasteiger partial charge in [-0.25, -0.2) is 4.39 Å². The number of benzene rings is 1. The predicted octanol–water partition coefficient (Wildman–Crippen LogP) is 1.92. The Balaban J connectivity index is 2.12. The van der Waals surface area contributed by atoms with Crippen molar-refractivity contribution in [2.45, 2.75) is 45.3 Å². The Morgan fingerprint density at radius 2 is 1.70 bits per heavy atom. The topological polar surface area (TPSA) is 110 Å². The van der Waals surface area contributed by atoms with Crippen LogP contribution in [0.2, 0.25) is 0 Å². The Hall–Kier alpha value is -3.27. The number of para-hydroxylation sites is 1. The average molecular weight is 421 g/mol. The number of esters is 3. The van der Waals surface area contributed by atoms with E-state index in [1.165, 1.54) is 29.8 Å². The summed E-state index contributed by atoms with van der Waals surface area (Å²) in [5, 5.41) is 0.335. The number of nitrogens with zero attached hydrogens (tertiary/aromatic N) is 1. The number of halogens is 1. The lowest BCUT2D eigenvalue weighted by Crippen LogP contribution is -2.55. The van der Waals surface area contributed by atoms with Crippen LogP contribution in [0.15, 0.2) is 24.4 Å². The minimum Gasteiger partial charge on any atom is -0.456 e. The van der Waals surface area contributed by atoms with Crippen LogP contribution in [0.1, 0.15) is 37.4 Å². The Morgan fingerprint density at radius 3 is 2.30 bits per heavy atom. The molecule has 0 aliphatic carbocycles. The highest BCUT2D eigenvalue weighted by Crippen LogP contribution is 2.35. The molecule has 1 aliphatic heterocycles. The highest BCUT2D eigenvalue weighted by Gasteiger charge is 2.48. The number of hydrogen-bond acceptors (Lipinski definition) is 8. The van der Waals surface area contributed by atoms with Crippen LogP contribution in [0.4, 0.5) is 4.39 Å². The first-order valence-corrected chi connectivity index (χ1v) is 9.10. The summed E-state index contributed by atoms with van der Waals surface area (Å²) in [5.74, 6) is -2.70. The fraction of sp³-hybridized carbons (Fsp3) is 0.400. The normalized spacial score (nSPS) is 23.6. The summed E-state index contributed by atoms with van der Waals surface area (Å²) in [6.45, 7) is 3.24. The Labute approximate surface area is 170 Å². The molecule has 1 fully saturated rings. The van der Waals surface area contributed by atoms with Gasteiger partial charge in [0.1, 0.15) is 5.82 Å². The third-order valence-corrected chi connectivity index (χ3v) is 4.56. The molecule has 0 N–H and O–H groups in total. The van der Waals surface area contributed by atoms with Crippen molar-refractivity contribution in [2.75, 3.05) is 6.61 Å². The van der Waals surface area contributed by atoms with Crippen LogP contribution in [-0.2, 0) is 33.3 Å². The summed E-state index contributed by atoms with van der Waals surface area (Å²) in [5.41, 5.74) is 0.245. The van der Waals surface area contributed by atoms with Gasteiger partial charge in [-0.2, -0.15) is 0 Å². The molecule has 0 spiro atoms. The van der Waals surface area contributed by atoms with Crippen molar-refractivity contribution in [2.24, 2.45) is 0 Å². The summed E-state index contributed by atoms with van der Waals surface area (Å²) >= 11 is 0. The highest BCUT2D eigenvalue weighted by molar-refractivity contribution is 5.97. The quantitative estimate of drug-likeness (QED) is 0.409. The molecule has 0 radical (unpaired) electrons. The fourth-order valence-electron chi connectivity index (χ4n) is 3.55. The van der Waals surface area contributed by atoms with Crippen LogP contribution < -0.4 is 0 Å². The minimum atomic E-state index is -1.28. The van der Waals surface area contributed by atoms with Gasteiger partial charge in [0.25, 0.3) is 0 Å². The van der Waals surface area contributed by atoms with Crippen molar-refractivity contribution in [1.29, 1.82) is 0 Å². The molecule has 1 aromatic heterocycles. The maximum absolute atomic E-state index is 14.6. The van der Waals surface area contributed by atoms with Gasteiger partial charge in [-0.1, -0.05) is 12.1 Å². The zero-order valence-electron chi connectivity index (χ0n) is 16.5. The van der Waals surface area contributed by atoms with Crippen LogP contribution in [0, 0.1) is 5.82 Å². The van der Waals surface area contributed by atoms with Gasteiger partial charge in [0.2, 0.25) is 0 Å². The van der Waals surface area contributed by atoms with Crippen molar-refractivity contribution in [1.82, 2.24) is 4.57 Å². The Morgan fingerprint density at radius 1 is 1.07 bits per heavy atom. The summed E-state index contributed by atoms with van der Waals surface area (Å²) in [7, 11) is 0. The van der Waals surface area contributed by atoms with E-state index in [1.54, 1.807) is 6.07 Å². The van der Waals surface area contributed by atoms with E-state index in [-0.39, 0.29) is 17.7 Å². The molecule has 0 unspecified atom stereocenters. The monoisotopic (exact) mass is 421 g/mol. The van der Waals surface area contributed by atoms with Crippen molar-refractivity contribution < 1.29 is 42.5 Å². The first-order chi connectivity index (χ1) is 14.2. The molecule has 4 atom stereocenters. The van der Waals surface area contributed by atoms with Crippen molar-refractivity contribution >= 4 is 35.1 Å². The summed E-state index contributed by atoms with van der Waals surface area (Å²) in [6, 6.07) is 4.23. The molecule has 1 saturated heterocycles. The highest BCUT2D eigenvalue weighted by atomic mass is 19.1. The maximum atomic E-state index is 14.6. The number of hydrogen-bond donors (Lipinski definition) is 0. The number of carbonyl (C=O) groups is 4. The van der Waals surface area contributed by atoms with Gasteiger partial charge in [-0.05, 0) is 6.07 Å². The van der Waals surface area contributed by atoms with Gasteiger partial charge in [0.15, 0.2) is 30.8 Å². The summed E-state index contributed by atoms with van der Waals surface area (Å²) in [6.07, 6.45) is -2.77. The van der Waals surface area contributed by atoms with Gasteiger partial charge < -0.3 is 23.5 Å². The lowest BCUT2D eigenvalue weighted by Gasteiger charge is -2.41. The van der Waals surface area contributed by atoms with Crippen LogP contribution in [0.5, 0.6) is 0 Å². The smallest absolute Gasteiger partial charge is 0.303 e. The molecule has 3 rings (SSSR count). The van der Waals surface area contributed by atoms with Crippen LogP contribution in [0.3, 0.4) is 0 Å². The molecule has 0 amide bonds. The van der Waals surface area contributed by atoms with Gasteiger partial charge in [0, 0.05) is 37.9 Å². The number of fused-ring (bicyclic) bond motifs is 1. The second kappa shape index (κ2) is 8.62. The first-order valence-electron chi connectivity index (χ1n) is 9.10. The van der Waals surface area contributed by atoms with E-state index in [0.717, 1.165) is 13.8 Å². The number of ether oxygens (including phenoxy) is 4.